The number of carbonyl (C=O) groups is 3. The number of aliphatic carboxylic acids is 1. The minimum Gasteiger partial charge on any atom is -0.481 e. The van der Waals surface area contributed by atoms with Crippen LogP contribution >= 0.6 is 11.8 Å². The maximum Gasteiger partial charge on any atom is 0.340 e. The summed E-state index contributed by atoms with van der Waals surface area (Å²) in [5, 5.41) is 14.9. The van der Waals surface area contributed by atoms with Crippen LogP contribution in [0.4, 0.5) is 16.0 Å². The number of methoxy groups -OCH3 is 1. The molecular weight excluding hydrogens is 541 g/mol. The molecule has 0 saturated carbocycles. The first-order chi connectivity index (χ1) is 18.9. The number of aromatic nitrogens is 1. The van der Waals surface area contributed by atoms with Crippen molar-refractivity contribution in [3.05, 3.63) is 64.6 Å². The number of hydrogen-bond acceptors (Lipinski definition) is 11. The van der Waals surface area contributed by atoms with Gasteiger partial charge in [0.25, 0.3) is 0 Å². The molecule has 1 unspecified atom stereocenters. The van der Waals surface area contributed by atoms with Crippen LogP contribution in [0.25, 0.3) is 0 Å². The molecule has 1 atom stereocenters. The smallest absolute Gasteiger partial charge is 0.340 e. The third kappa shape index (κ3) is 6.39. The van der Waals surface area contributed by atoms with Crippen LogP contribution in [-0.2, 0) is 25.5 Å². The van der Waals surface area contributed by atoms with E-state index in [1.807, 2.05) is 6.92 Å². The molecule has 2 aliphatic rings. The topological polar surface area (TPSA) is 167 Å². The average Bonchev–Trinajstić information content (AvgIpc) is 3.01. The number of ketones is 1. The van der Waals surface area contributed by atoms with Crippen molar-refractivity contribution in [3.63, 3.8) is 0 Å². The number of nitrogens with zero attached hydrogens (tertiary/aromatic N) is 4. The fourth-order valence-corrected chi connectivity index (χ4v) is 5.06. The number of ether oxygens (including phenoxy) is 1. The van der Waals surface area contributed by atoms with Crippen LogP contribution in [0, 0.1) is 18.7 Å². The van der Waals surface area contributed by atoms with E-state index in [2.05, 4.69) is 16.9 Å². The van der Waals surface area contributed by atoms with E-state index in [0.717, 1.165) is 0 Å². The largest absolute Gasteiger partial charge is 0.481 e. The highest BCUT2D eigenvalue weighted by Crippen LogP contribution is 2.38. The minimum absolute atomic E-state index is 0.0179. The number of hydrogen-bond donors (Lipinski definition) is 4. The van der Waals surface area contributed by atoms with Gasteiger partial charge in [-0.15, -0.1) is 11.8 Å². The molecule has 0 radical (unpaired) electrons. The summed E-state index contributed by atoms with van der Waals surface area (Å²) in [5.41, 5.74) is 5.88. The van der Waals surface area contributed by atoms with Crippen LogP contribution in [-0.4, -0.2) is 65.4 Å². The summed E-state index contributed by atoms with van der Waals surface area (Å²) in [6, 6.07) is 0. The first-order valence-corrected chi connectivity index (χ1v) is 13.3. The molecule has 1 aromatic heterocycles. The number of nitrogens with two attached hydrogens (primary N) is 2. The normalized spacial score (nSPS) is 16.6. The quantitative estimate of drug-likeness (QED) is 0.0992. The lowest BCUT2D eigenvalue weighted by atomic mass is 9.97. The Hall–Kier alpha value is -4.04. The Morgan fingerprint density at radius 2 is 2.10 bits per heavy atom. The second kappa shape index (κ2) is 12.9. The summed E-state index contributed by atoms with van der Waals surface area (Å²) in [7, 11) is 3.01. The van der Waals surface area contributed by atoms with E-state index < -0.39 is 29.1 Å². The predicted molar refractivity (Wildman–Crippen MR) is 151 cm³/mol. The number of amides is 1. The van der Waals surface area contributed by atoms with Crippen LogP contribution in [0.15, 0.2) is 47.6 Å². The molecule has 40 heavy (non-hydrogen) atoms. The minimum atomic E-state index is -1.38. The highest BCUT2D eigenvalue weighted by molar-refractivity contribution is 8.02. The molecule has 12 nitrogen and oxygen atoms in total. The maximum absolute atomic E-state index is 15.6. The summed E-state index contributed by atoms with van der Waals surface area (Å²) < 4.78 is 20.8. The van der Waals surface area contributed by atoms with Crippen LogP contribution in [0.5, 0.6) is 0 Å². The van der Waals surface area contributed by atoms with Gasteiger partial charge < -0.3 is 30.7 Å². The van der Waals surface area contributed by atoms with Gasteiger partial charge in [-0.3, -0.25) is 14.6 Å². The van der Waals surface area contributed by atoms with Gasteiger partial charge in [-0.25, -0.2) is 20.0 Å². The summed E-state index contributed by atoms with van der Waals surface area (Å²) >= 11 is 1.32. The van der Waals surface area contributed by atoms with Crippen molar-refractivity contribution in [2.75, 3.05) is 37.0 Å². The second-order valence-corrected chi connectivity index (χ2v) is 10.4. The Morgan fingerprint density at radius 1 is 1.43 bits per heavy atom. The van der Waals surface area contributed by atoms with E-state index in [1.165, 1.54) is 49.3 Å². The molecular formula is C26H34FN7O5S. The van der Waals surface area contributed by atoms with Gasteiger partial charge in [0.1, 0.15) is 11.4 Å². The predicted octanol–water partition coefficient (Wildman–Crippen LogP) is 1.69. The Balaban J connectivity index is 1.91. The fourth-order valence-electron chi connectivity index (χ4n) is 4.30. The molecule has 1 amide bonds. The van der Waals surface area contributed by atoms with E-state index in [9.17, 15) is 19.5 Å². The fraction of sp³-hybridized carbons (Fsp3) is 0.385. The van der Waals surface area contributed by atoms with Gasteiger partial charge in [-0.05, 0) is 24.3 Å². The van der Waals surface area contributed by atoms with Gasteiger partial charge >= 0.3 is 5.97 Å². The van der Waals surface area contributed by atoms with Crippen molar-refractivity contribution in [2.45, 2.75) is 32.1 Å². The van der Waals surface area contributed by atoms with Crippen molar-refractivity contribution in [1.29, 1.82) is 0 Å². The van der Waals surface area contributed by atoms with Crippen molar-refractivity contribution >= 4 is 41.1 Å². The number of halogens is 1. The Kier molecular flexibility index (Phi) is 9.82. The Morgan fingerprint density at radius 3 is 2.65 bits per heavy atom. The lowest BCUT2D eigenvalue weighted by molar-refractivity contribution is -0.134. The lowest BCUT2D eigenvalue weighted by Crippen LogP contribution is -2.54. The van der Waals surface area contributed by atoms with Crippen LogP contribution < -0.4 is 26.7 Å². The number of carboxylic acids is 1. The van der Waals surface area contributed by atoms with Gasteiger partial charge in [-0.1, -0.05) is 13.5 Å². The molecule has 0 aromatic carbocycles. The molecule has 6 N–H and O–H groups in total. The number of rotatable bonds is 11. The number of allylic oxidation sites excluding steroid dienone is 1. The number of nitrogens with one attached hydrogen (secondary N) is 1. The van der Waals surface area contributed by atoms with Gasteiger partial charge in [0.2, 0.25) is 11.8 Å². The zero-order chi connectivity index (χ0) is 29.7. The molecule has 3 rings (SSSR count). The molecule has 0 spiro atoms. The number of Topliss-reactive ketones (excluding diaryl/α,β-unsaturated/α-hetero) is 1. The van der Waals surface area contributed by atoms with Gasteiger partial charge in [0.05, 0.1) is 18.4 Å². The Labute approximate surface area is 236 Å². The van der Waals surface area contributed by atoms with E-state index in [4.69, 9.17) is 16.3 Å². The van der Waals surface area contributed by atoms with Crippen molar-refractivity contribution in [2.24, 2.45) is 17.5 Å². The number of pyridine rings is 1. The summed E-state index contributed by atoms with van der Waals surface area (Å²) in [6.07, 6.45) is 4.31. The number of hydrazine groups is 1. The zero-order valence-electron chi connectivity index (χ0n) is 22.8. The first-order valence-electron chi connectivity index (χ1n) is 12.4. The first kappa shape index (κ1) is 30.5. The molecule has 0 bridgehead atoms. The third-order valence-corrected chi connectivity index (χ3v) is 7.69. The number of carbonyl (C=O) groups excluding carboxylic acids is 2. The molecule has 3 heterocycles. The van der Waals surface area contributed by atoms with E-state index >= 15 is 4.39 Å². The van der Waals surface area contributed by atoms with E-state index in [1.54, 1.807) is 22.3 Å². The molecule has 1 fully saturated rings. The standard InChI is InChI=1S/C26H34FN7O5S/c1-6-21(40-8-7-28)34-13-18(26(37)38)19(35)10-17-15(3)22(27)24(31-23(17)34)33-11-16(12-33)25(36)30-14(2)9-20(39-5)32(4)29/h7-9,13,16,21H,2,6,10-12,28-29H2,1,3-5H3,(H,30,36)(H,37,38)/b8-7-,20-9+. The van der Waals surface area contributed by atoms with Crippen LogP contribution in [0.3, 0.4) is 0 Å². The summed E-state index contributed by atoms with van der Waals surface area (Å²) in [4.78, 5) is 45.3. The molecule has 14 heteroatoms. The molecule has 2 aliphatic heterocycles. The molecule has 1 aromatic rings. The Bertz CT molecular complexity index is 1290. The number of carboxylic acid groups (broad SMARTS) is 1. The van der Waals surface area contributed by atoms with Gasteiger partial charge in [0, 0.05) is 56.3 Å². The van der Waals surface area contributed by atoms with Gasteiger partial charge in [-0.2, -0.15) is 0 Å². The van der Waals surface area contributed by atoms with Crippen molar-refractivity contribution in [3.8, 4) is 0 Å². The maximum atomic E-state index is 15.6. The van der Waals surface area contributed by atoms with E-state index in [-0.39, 0.29) is 53.7 Å². The number of fused-ring (bicyclic) bond motifs is 1. The number of thioether (sulfide) groups is 1. The summed E-state index contributed by atoms with van der Waals surface area (Å²) in [5.74, 6) is 2.83. The molecule has 216 valence electrons. The van der Waals surface area contributed by atoms with Crippen LogP contribution in [0.2, 0.25) is 0 Å². The van der Waals surface area contributed by atoms with Crippen molar-refractivity contribution in [1.82, 2.24) is 15.3 Å². The van der Waals surface area contributed by atoms with Crippen LogP contribution in [0.1, 0.15) is 24.5 Å². The van der Waals surface area contributed by atoms with Crippen molar-refractivity contribution < 1.29 is 28.6 Å². The highest BCUT2D eigenvalue weighted by atomic mass is 32.2. The zero-order valence-corrected chi connectivity index (χ0v) is 23.6. The lowest BCUT2D eigenvalue weighted by Gasteiger charge is -2.40. The van der Waals surface area contributed by atoms with Gasteiger partial charge in [0.15, 0.2) is 17.4 Å². The average molecular weight is 576 g/mol. The molecule has 1 saturated heterocycles. The monoisotopic (exact) mass is 575 g/mol. The SMILES string of the molecule is C=C(/C=C(/OC)N(C)N)NC(=O)C1CN(c2nc3c(c(C)c2F)CC(=O)C(C(=O)O)=CN3C(CC)S/C=C\N)C1. The number of anilines is 2. The molecule has 0 aliphatic carbocycles. The highest BCUT2D eigenvalue weighted by Gasteiger charge is 2.38. The second-order valence-electron chi connectivity index (χ2n) is 9.27. The van der Waals surface area contributed by atoms with E-state index in [0.29, 0.717) is 17.9 Å². The summed E-state index contributed by atoms with van der Waals surface area (Å²) in [6.45, 7) is 7.60. The third-order valence-electron chi connectivity index (χ3n) is 6.50.